The van der Waals surface area contributed by atoms with Crippen molar-refractivity contribution in [3.05, 3.63) is 24.2 Å². The molecule has 1 saturated carbocycles. The van der Waals surface area contributed by atoms with Crippen LogP contribution in [-0.4, -0.2) is 34.4 Å². The van der Waals surface area contributed by atoms with Crippen molar-refractivity contribution < 1.29 is 14.0 Å². The van der Waals surface area contributed by atoms with Gasteiger partial charge in [0, 0.05) is 24.8 Å². The van der Waals surface area contributed by atoms with E-state index in [0.717, 1.165) is 31.1 Å². The van der Waals surface area contributed by atoms with Crippen LogP contribution < -0.4 is 5.32 Å². The molecule has 0 radical (unpaired) electrons. The summed E-state index contributed by atoms with van der Waals surface area (Å²) in [6.45, 7) is 1.34. The third-order valence-electron chi connectivity index (χ3n) is 5.32. The van der Waals surface area contributed by atoms with Crippen LogP contribution in [-0.2, 0) is 11.3 Å². The Labute approximate surface area is 153 Å². The molecule has 2 aliphatic rings. The van der Waals surface area contributed by atoms with E-state index in [0.29, 0.717) is 24.8 Å². The van der Waals surface area contributed by atoms with Gasteiger partial charge in [-0.3, -0.25) is 9.59 Å². The maximum atomic E-state index is 12.6. The van der Waals surface area contributed by atoms with Gasteiger partial charge in [-0.1, -0.05) is 24.6 Å². The molecular weight excluding hydrogens is 336 g/mol. The second-order valence-electron chi connectivity index (χ2n) is 7.01. The van der Waals surface area contributed by atoms with Gasteiger partial charge in [-0.15, -0.1) is 0 Å². The number of nitrogens with zero attached hydrogens (tertiary/aromatic N) is 1. The van der Waals surface area contributed by atoms with Gasteiger partial charge >= 0.3 is 0 Å². The molecule has 2 fully saturated rings. The number of hydrogen-bond acceptors (Lipinski definition) is 4. The average Bonchev–Trinajstić information content (AvgIpc) is 3.16. The SMILES string of the molecule is O=C(NCc1ccco1)SCCCC(=O)N1CCCC2CCCCC21. The summed E-state index contributed by atoms with van der Waals surface area (Å²) < 4.78 is 5.18. The van der Waals surface area contributed by atoms with Gasteiger partial charge in [-0.05, 0) is 50.2 Å². The third-order valence-corrected chi connectivity index (χ3v) is 6.22. The molecule has 1 aromatic heterocycles. The van der Waals surface area contributed by atoms with Gasteiger partial charge in [-0.25, -0.2) is 0 Å². The number of likely N-dealkylation sites (tertiary alicyclic amines) is 1. The summed E-state index contributed by atoms with van der Waals surface area (Å²) >= 11 is 1.25. The van der Waals surface area contributed by atoms with E-state index in [1.165, 1.54) is 43.9 Å². The standard InChI is InChI=1S/C19H28N2O3S/c22-18(21-11-3-7-15-6-1-2-9-17(15)21)10-5-13-25-19(23)20-14-16-8-4-12-24-16/h4,8,12,15,17H,1-3,5-7,9-11,13-14H2,(H,20,23). The zero-order valence-corrected chi connectivity index (χ0v) is 15.6. The van der Waals surface area contributed by atoms with Crippen LogP contribution >= 0.6 is 11.8 Å². The van der Waals surface area contributed by atoms with Crippen LogP contribution in [0, 0.1) is 5.92 Å². The maximum Gasteiger partial charge on any atom is 0.279 e. The summed E-state index contributed by atoms with van der Waals surface area (Å²) in [4.78, 5) is 26.5. The molecule has 138 valence electrons. The fourth-order valence-corrected chi connectivity index (χ4v) is 4.74. The van der Waals surface area contributed by atoms with Crippen LogP contribution in [0.1, 0.15) is 57.1 Å². The maximum absolute atomic E-state index is 12.6. The Morgan fingerprint density at radius 3 is 2.92 bits per heavy atom. The predicted octanol–water partition coefficient (Wildman–Crippen LogP) is 4.18. The zero-order chi connectivity index (χ0) is 17.5. The molecule has 0 bridgehead atoms. The number of nitrogens with one attached hydrogen (secondary N) is 1. The van der Waals surface area contributed by atoms with E-state index in [1.807, 2.05) is 6.07 Å². The summed E-state index contributed by atoms with van der Waals surface area (Å²) in [6, 6.07) is 4.12. The number of fused-ring (bicyclic) bond motifs is 1. The number of carbonyl (C=O) groups excluding carboxylic acids is 2. The first kappa shape index (κ1) is 18.4. The molecule has 0 aromatic carbocycles. The highest BCUT2D eigenvalue weighted by molar-refractivity contribution is 8.13. The molecule has 1 aromatic rings. The Hall–Kier alpha value is -1.43. The highest BCUT2D eigenvalue weighted by Crippen LogP contribution is 2.35. The molecule has 5 nitrogen and oxygen atoms in total. The Bertz CT molecular complexity index is 559. The van der Waals surface area contributed by atoms with E-state index >= 15 is 0 Å². The molecule has 0 spiro atoms. The minimum absolute atomic E-state index is 0.0610. The lowest BCUT2D eigenvalue weighted by Gasteiger charge is -2.44. The zero-order valence-electron chi connectivity index (χ0n) is 14.7. The van der Waals surface area contributed by atoms with Crippen LogP contribution in [0.3, 0.4) is 0 Å². The summed E-state index contributed by atoms with van der Waals surface area (Å²) in [5, 5.41) is 2.75. The Morgan fingerprint density at radius 1 is 1.24 bits per heavy atom. The van der Waals surface area contributed by atoms with Crippen molar-refractivity contribution in [3.63, 3.8) is 0 Å². The van der Waals surface area contributed by atoms with Crippen LogP contribution in [0.15, 0.2) is 22.8 Å². The molecule has 2 amide bonds. The van der Waals surface area contributed by atoms with Crippen LogP contribution in [0.2, 0.25) is 0 Å². The van der Waals surface area contributed by atoms with Crippen LogP contribution in [0.4, 0.5) is 4.79 Å². The second-order valence-corrected chi connectivity index (χ2v) is 8.08. The molecule has 6 heteroatoms. The summed E-state index contributed by atoms with van der Waals surface area (Å²) in [6.07, 6.45) is 10.4. The van der Waals surface area contributed by atoms with Gasteiger partial charge in [0.15, 0.2) is 0 Å². The number of thioether (sulfide) groups is 1. The smallest absolute Gasteiger partial charge is 0.279 e. The summed E-state index contributed by atoms with van der Waals surface area (Å²) in [5.41, 5.74) is 0. The van der Waals surface area contributed by atoms with Gasteiger partial charge in [0.2, 0.25) is 5.91 Å². The van der Waals surface area contributed by atoms with E-state index in [4.69, 9.17) is 4.42 Å². The van der Waals surface area contributed by atoms with E-state index in [-0.39, 0.29) is 11.1 Å². The molecule has 25 heavy (non-hydrogen) atoms. The lowest BCUT2D eigenvalue weighted by atomic mass is 9.78. The van der Waals surface area contributed by atoms with Crippen molar-refractivity contribution in [1.29, 1.82) is 0 Å². The van der Waals surface area contributed by atoms with Gasteiger partial charge in [-0.2, -0.15) is 0 Å². The van der Waals surface area contributed by atoms with E-state index in [2.05, 4.69) is 10.2 Å². The third kappa shape index (κ3) is 5.27. The van der Waals surface area contributed by atoms with Crippen molar-refractivity contribution in [2.75, 3.05) is 12.3 Å². The van der Waals surface area contributed by atoms with Crippen molar-refractivity contribution in [1.82, 2.24) is 10.2 Å². The summed E-state index contributed by atoms with van der Waals surface area (Å²) in [5.74, 6) is 2.44. The first-order valence-corrected chi connectivity index (χ1v) is 10.4. The lowest BCUT2D eigenvalue weighted by Crippen LogP contribution is -2.49. The summed E-state index contributed by atoms with van der Waals surface area (Å²) in [7, 11) is 0. The number of hydrogen-bond donors (Lipinski definition) is 1. The first-order valence-electron chi connectivity index (χ1n) is 9.46. The van der Waals surface area contributed by atoms with E-state index in [1.54, 1.807) is 12.3 Å². The number of amides is 2. The molecule has 3 rings (SSSR count). The molecule has 2 heterocycles. The quantitative estimate of drug-likeness (QED) is 0.769. The van der Waals surface area contributed by atoms with Gasteiger partial charge in [0.1, 0.15) is 5.76 Å². The van der Waals surface area contributed by atoms with Crippen molar-refractivity contribution in [2.24, 2.45) is 5.92 Å². The number of carbonyl (C=O) groups is 2. The first-order chi connectivity index (χ1) is 12.2. The fourth-order valence-electron chi connectivity index (χ4n) is 4.09. The second kappa shape index (κ2) is 9.32. The minimum atomic E-state index is -0.0610. The highest BCUT2D eigenvalue weighted by atomic mass is 32.2. The van der Waals surface area contributed by atoms with Crippen molar-refractivity contribution >= 4 is 22.9 Å². The molecule has 1 N–H and O–H groups in total. The molecule has 1 saturated heterocycles. The molecule has 2 atom stereocenters. The van der Waals surface area contributed by atoms with E-state index < -0.39 is 0 Å². The number of rotatable bonds is 6. The largest absolute Gasteiger partial charge is 0.467 e. The van der Waals surface area contributed by atoms with E-state index in [9.17, 15) is 9.59 Å². The monoisotopic (exact) mass is 364 g/mol. The lowest BCUT2D eigenvalue weighted by molar-refractivity contribution is -0.137. The van der Waals surface area contributed by atoms with Crippen LogP contribution in [0.5, 0.6) is 0 Å². The molecule has 1 aliphatic heterocycles. The Balaban J connectivity index is 1.32. The minimum Gasteiger partial charge on any atom is -0.467 e. The van der Waals surface area contributed by atoms with Crippen molar-refractivity contribution in [3.8, 4) is 0 Å². The molecule has 1 aliphatic carbocycles. The normalized spacial score (nSPS) is 23.1. The molecular formula is C19H28N2O3S. The fraction of sp³-hybridized carbons (Fsp3) is 0.684. The van der Waals surface area contributed by atoms with Gasteiger partial charge in [0.05, 0.1) is 12.8 Å². The Morgan fingerprint density at radius 2 is 2.08 bits per heavy atom. The average molecular weight is 365 g/mol. The highest BCUT2D eigenvalue weighted by Gasteiger charge is 2.35. The van der Waals surface area contributed by atoms with Crippen molar-refractivity contribution in [2.45, 2.75) is 64.0 Å². The Kier molecular flexibility index (Phi) is 6.84. The molecule has 2 unspecified atom stereocenters. The number of piperidine rings is 1. The van der Waals surface area contributed by atoms with Gasteiger partial charge in [0.25, 0.3) is 5.24 Å². The topological polar surface area (TPSA) is 62.6 Å². The number of furan rings is 1. The predicted molar refractivity (Wildman–Crippen MR) is 99.3 cm³/mol. The van der Waals surface area contributed by atoms with Gasteiger partial charge < -0.3 is 14.6 Å². The van der Waals surface area contributed by atoms with Crippen LogP contribution in [0.25, 0.3) is 0 Å².